The van der Waals surface area contributed by atoms with Gasteiger partial charge in [-0.25, -0.2) is 4.98 Å². The fourth-order valence-corrected chi connectivity index (χ4v) is 6.47. The lowest BCUT2D eigenvalue weighted by Crippen LogP contribution is -2.45. The summed E-state index contributed by atoms with van der Waals surface area (Å²) in [7, 11) is 0. The molecule has 3 aliphatic heterocycles. The van der Waals surface area contributed by atoms with Crippen LogP contribution in [0.15, 0.2) is 30.3 Å². The lowest BCUT2D eigenvalue weighted by atomic mass is 9.95. The Balaban J connectivity index is 1.26. The van der Waals surface area contributed by atoms with E-state index in [1.807, 2.05) is 25.1 Å². The standard InChI is InChI=1S/C26H34F3N5O/c1-17-31-23-10-11-32(25(35)15-26(27,28)29)16-24(23)34(17)21-13-19-7-8-20(14-21)33(19)12-9-22(30)18-5-3-2-4-6-18/h2-6,19-22H,7-16,30H2,1H3/t19?,20?,21?,22-/m0/s1. The number of piperidine rings is 1. The maximum absolute atomic E-state index is 12.8. The summed E-state index contributed by atoms with van der Waals surface area (Å²) in [4.78, 5) is 21.0. The Hall–Kier alpha value is -2.39. The van der Waals surface area contributed by atoms with Gasteiger partial charge in [-0.2, -0.15) is 13.2 Å². The van der Waals surface area contributed by atoms with Crippen molar-refractivity contribution in [2.24, 2.45) is 5.73 Å². The van der Waals surface area contributed by atoms with Crippen molar-refractivity contribution in [3.05, 3.63) is 53.1 Å². The van der Waals surface area contributed by atoms with Gasteiger partial charge in [-0.1, -0.05) is 30.3 Å². The maximum Gasteiger partial charge on any atom is 0.397 e. The van der Waals surface area contributed by atoms with Crippen LogP contribution in [0.2, 0.25) is 0 Å². The highest BCUT2D eigenvalue weighted by Gasteiger charge is 2.43. The van der Waals surface area contributed by atoms with Crippen molar-refractivity contribution in [2.45, 2.75) is 88.8 Å². The molecule has 6 nitrogen and oxygen atoms in total. The number of nitrogens with two attached hydrogens (primary N) is 1. The second kappa shape index (κ2) is 9.58. The third-order valence-corrected chi connectivity index (χ3v) is 8.08. The third-order valence-electron chi connectivity index (χ3n) is 8.08. The zero-order valence-corrected chi connectivity index (χ0v) is 20.2. The SMILES string of the molecule is Cc1nc2c(n1C1CC3CCC(C1)N3CC[C@H](N)c1ccccc1)CN(C(=O)CC(F)(F)F)CC2. The molecule has 4 heterocycles. The molecule has 1 aromatic carbocycles. The number of aryl methyl sites for hydroxylation is 1. The Labute approximate surface area is 204 Å². The molecule has 2 unspecified atom stereocenters. The number of imidazole rings is 1. The first-order valence-electron chi connectivity index (χ1n) is 12.7. The van der Waals surface area contributed by atoms with Crippen LogP contribution in [0.5, 0.6) is 0 Å². The molecule has 190 valence electrons. The van der Waals surface area contributed by atoms with Gasteiger partial charge in [0.2, 0.25) is 5.91 Å². The van der Waals surface area contributed by atoms with E-state index >= 15 is 0 Å². The monoisotopic (exact) mass is 489 g/mol. The Morgan fingerprint density at radius 1 is 1.14 bits per heavy atom. The first-order valence-corrected chi connectivity index (χ1v) is 12.7. The van der Waals surface area contributed by atoms with Crippen LogP contribution in [0.1, 0.15) is 73.4 Å². The van der Waals surface area contributed by atoms with E-state index in [1.54, 1.807) is 0 Å². The van der Waals surface area contributed by atoms with Gasteiger partial charge in [0.1, 0.15) is 12.2 Å². The molecule has 2 saturated heterocycles. The van der Waals surface area contributed by atoms with E-state index in [-0.39, 0.29) is 18.6 Å². The summed E-state index contributed by atoms with van der Waals surface area (Å²) >= 11 is 0. The fraction of sp³-hybridized carbons (Fsp3) is 0.615. The van der Waals surface area contributed by atoms with Crippen LogP contribution in [0.25, 0.3) is 0 Å². The number of carbonyl (C=O) groups is 1. The number of nitrogens with zero attached hydrogens (tertiary/aromatic N) is 4. The zero-order chi connectivity index (χ0) is 24.7. The van der Waals surface area contributed by atoms with Gasteiger partial charge in [-0.05, 0) is 44.6 Å². The van der Waals surface area contributed by atoms with Crippen molar-refractivity contribution in [1.82, 2.24) is 19.4 Å². The summed E-state index contributed by atoms with van der Waals surface area (Å²) in [6.07, 6.45) is -0.144. The molecule has 3 aliphatic rings. The molecule has 0 radical (unpaired) electrons. The zero-order valence-electron chi connectivity index (χ0n) is 20.2. The topological polar surface area (TPSA) is 67.4 Å². The van der Waals surface area contributed by atoms with Gasteiger partial charge in [-0.3, -0.25) is 9.69 Å². The molecule has 0 aliphatic carbocycles. The van der Waals surface area contributed by atoms with E-state index in [4.69, 9.17) is 10.7 Å². The molecule has 2 bridgehead atoms. The van der Waals surface area contributed by atoms with E-state index in [0.717, 1.165) is 55.9 Å². The Bertz CT molecular complexity index is 1040. The van der Waals surface area contributed by atoms with Gasteiger partial charge in [0.15, 0.2) is 0 Å². The average molecular weight is 490 g/mol. The van der Waals surface area contributed by atoms with Crippen molar-refractivity contribution in [3.63, 3.8) is 0 Å². The Morgan fingerprint density at radius 3 is 2.49 bits per heavy atom. The predicted octanol–water partition coefficient (Wildman–Crippen LogP) is 4.29. The largest absolute Gasteiger partial charge is 0.397 e. The summed E-state index contributed by atoms with van der Waals surface area (Å²) in [5, 5.41) is 0. The van der Waals surface area contributed by atoms with Crippen molar-refractivity contribution in [3.8, 4) is 0 Å². The second-order valence-corrected chi connectivity index (χ2v) is 10.3. The van der Waals surface area contributed by atoms with E-state index in [2.05, 4.69) is 21.6 Å². The number of carbonyl (C=O) groups excluding carboxylic acids is 1. The first-order chi connectivity index (χ1) is 16.7. The van der Waals surface area contributed by atoms with Crippen LogP contribution >= 0.6 is 0 Å². The van der Waals surface area contributed by atoms with Crippen molar-refractivity contribution < 1.29 is 18.0 Å². The number of halogens is 3. The fourth-order valence-electron chi connectivity index (χ4n) is 6.47. The number of hydrogen-bond acceptors (Lipinski definition) is 4. The molecule has 2 N–H and O–H groups in total. The molecular formula is C26H34F3N5O. The molecule has 2 aromatic rings. The number of benzene rings is 1. The smallest absolute Gasteiger partial charge is 0.336 e. The number of amides is 1. The Morgan fingerprint density at radius 2 is 1.83 bits per heavy atom. The van der Waals surface area contributed by atoms with Crippen molar-refractivity contribution >= 4 is 5.91 Å². The van der Waals surface area contributed by atoms with Crippen LogP contribution in [-0.4, -0.2) is 56.6 Å². The van der Waals surface area contributed by atoms with E-state index in [0.29, 0.717) is 25.0 Å². The summed E-state index contributed by atoms with van der Waals surface area (Å²) < 4.78 is 40.6. The van der Waals surface area contributed by atoms with Crippen LogP contribution in [0, 0.1) is 6.92 Å². The van der Waals surface area contributed by atoms with Gasteiger partial charge in [0, 0.05) is 43.7 Å². The lowest BCUT2D eigenvalue weighted by molar-refractivity contribution is -0.162. The molecule has 35 heavy (non-hydrogen) atoms. The average Bonchev–Trinajstić information content (AvgIpc) is 3.27. The summed E-state index contributed by atoms with van der Waals surface area (Å²) in [6, 6.07) is 11.5. The van der Waals surface area contributed by atoms with Gasteiger partial charge >= 0.3 is 6.18 Å². The van der Waals surface area contributed by atoms with Crippen LogP contribution in [-0.2, 0) is 17.8 Å². The molecule has 1 amide bonds. The van der Waals surface area contributed by atoms with Gasteiger partial charge < -0.3 is 15.2 Å². The van der Waals surface area contributed by atoms with Crippen LogP contribution < -0.4 is 5.73 Å². The number of rotatable bonds is 6. The predicted molar refractivity (Wildman–Crippen MR) is 127 cm³/mol. The minimum Gasteiger partial charge on any atom is -0.336 e. The highest BCUT2D eigenvalue weighted by atomic mass is 19.4. The van der Waals surface area contributed by atoms with Gasteiger partial charge in [0.05, 0.1) is 17.9 Å². The lowest BCUT2D eigenvalue weighted by Gasteiger charge is -2.41. The quantitative estimate of drug-likeness (QED) is 0.658. The summed E-state index contributed by atoms with van der Waals surface area (Å²) in [6.45, 7) is 3.46. The van der Waals surface area contributed by atoms with Crippen LogP contribution in [0.4, 0.5) is 13.2 Å². The number of hydrogen-bond donors (Lipinski definition) is 1. The molecule has 0 spiro atoms. The highest BCUT2D eigenvalue weighted by molar-refractivity contribution is 5.77. The van der Waals surface area contributed by atoms with E-state index < -0.39 is 18.5 Å². The summed E-state index contributed by atoms with van der Waals surface area (Å²) in [5.74, 6) is 0.0577. The van der Waals surface area contributed by atoms with Crippen molar-refractivity contribution in [2.75, 3.05) is 13.1 Å². The Kier molecular flexibility index (Phi) is 6.65. The van der Waals surface area contributed by atoms with E-state index in [1.165, 1.54) is 10.5 Å². The first kappa shape index (κ1) is 24.3. The third kappa shape index (κ3) is 5.11. The maximum atomic E-state index is 12.8. The molecule has 2 fully saturated rings. The molecule has 3 atom stereocenters. The van der Waals surface area contributed by atoms with E-state index in [9.17, 15) is 18.0 Å². The molecule has 1 aromatic heterocycles. The molecule has 5 rings (SSSR count). The summed E-state index contributed by atoms with van der Waals surface area (Å²) in [5.41, 5.74) is 9.48. The highest BCUT2D eigenvalue weighted by Crippen LogP contribution is 2.43. The molecule has 0 saturated carbocycles. The number of fused-ring (bicyclic) bond motifs is 3. The van der Waals surface area contributed by atoms with Gasteiger partial charge in [-0.15, -0.1) is 0 Å². The van der Waals surface area contributed by atoms with Crippen LogP contribution in [0.3, 0.4) is 0 Å². The second-order valence-electron chi connectivity index (χ2n) is 10.3. The van der Waals surface area contributed by atoms with Gasteiger partial charge in [0.25, 0.3) is 0 Å². The minimum atomic E-state index is -4.48. The number of alkyl halides is 3. The minimum absolute atomic E-state index is 0.0245. The molecule has 9 heteroatoms. The number of aromatic nitrogens is 2. The molecular weight excluding hydrogens is 455 g/mol. The van der Waals surface area contributed by atoms with Crippen molar-refractivity contribution in [1.29, 1.82) is 0 Å². The normalized spacial score (nSPS) is 25.5.